The van der Waals surface area contributed by atoms with Crippen LogP contribution in [0.25, 0.3) is 0 Å². The van der Waals surface area contributed by atoms with Crippen molar-refractivity contribution in [2.45, 2.75) is 61.6 Å². The highest BCUT2D eigenvalue weighted by Gasteiger charge is 2.36. The zero-order valence-corrected chi connectivity index (χ0v) is 29.6. The van der Waals surface area contributed by atoms with Crippen molar-refractivity contribution < 1.29 is 37.8 Å². The maximum atomic E-state index is 13.7. The van der Waals surface area contributed by atoms with Crippen LogP contribution in [0.2, 0.25) is 0 Å². The molecule has 3 aliphatic heterocycles. The van der Waals surface area contributed by atoms with E-state index in [1.165, 1.54) is 21.7 Å². The number of amides is 4. The number of carbonyl (C=O) groups is 4. The summed E-state index contributed by atoms with van der Waals surface area (Å²) in [4.78, 5) is 64.5. The first-order valence-corrected chi connectivity index (χ1v) is 16.7. The van der Waals surface area contributed by atoms with E-state index in [-0.39, 0.29) is 36.0 Å². The summed E-state index contributed by atoms with van der Waals surface area (Å²) in [5, 5.41) is 15.3. The quantitative estimate of drug-likeness (QED) is 0.301. The van der Waals surface area contributed by atoms with E-state index in [2.05, 4.69) is 10.6 Å². The lowest BCUT2D eigenvalue weighted by molar-refractivity contribution is -0.120. The Hall–Kier alpha value is -4.14. The number of nitrogens with zero attached hydrogens (tertiary/aromatic N) is 3. The first kappa shape index (κ1) is 38.7. The molecule has 4 amide bonds. The summed E-state index contributed by atoms with van der Waals surface area (Å²) in [6.45, 7) is 6.72. The molecule has 0 fully saturated rings. The second-order valence-electron chi connectivity index (χ2n) is 12.7. The van der Waals surface area contributed by atoms with E-state index in [0.29, 0.717) is 38.5 Å². The summed E-state index contributed by atoms with van der Waals surface area (Å²) in [5.74, 6) is -4.40. The van der Waals surface area contributed by atoms with Crippen LogP contribution in [-0.2, 0) is 16.1 Å². The van der Waals surface area contributed by atoms with Crippen LogP contribution in [0.4, 0.5) is 13.6 Å². The van der Waals surface area contributed by atoms with Gasteiger partial charge in [-0.25, -0.2) is 13.6 Å². The standard InChI is InChI=1S/C20H17F2N3O4.C13H19Cl3N2O3/c21-12-5-4-11(15(22)7-12)8-23-19(28)14-10-25-13-3-1-2-6-24(9-13)20(29)16(25)18(27)17(14)26;1-12(2,3)21-11(20)18-7-5-4-6-9(8-18)17-10(19)13(14,15)16/h1,3-5,7,10,13,27H,2,6,8-9H2,(H,23,28);4,6,9H,5,7-8H2,1-3H3,(H,17,19)/t13-;9-/m00/s1. The van der Waals surface area contributed by atoms with Crippen LogP contribution in [0, 0.1) is 11.6 Å². The fourth-order valence-electron chi connectivity index (χ4n) is 5.28. The molecule has 0 unspecified atom stereocenters. The molecule has 2 aromatic rings. The summed E-state index contributed by atoms with van der Waals surface area (Å²) in [6, 6.07) is 2.18. The predicted octanol–water partition coefficient (Wildman–Crippen LogP) is 4.76. The molecule has 0 radical (unpaired) electrons. The Morgan fingerprint density at radius 2 is 1.70 bits per heavy atom. The van der Waals surface area contributed by atoms with Gasteiger partial charge in [0.05, 0.1) is 12.1 Å². The van der Waals surface area contributed by atoms with E-state index < -0.39 is 62.1 Å². The number of alkyl halides is 3. The molecule has 0 spiro atoms. The first-order valence-electron chi connectivity index (χ1n) is 15.5. The van der Waals surface area contributed by atoms with Crippen LogP contribution in [0.5, 0.6) is 5.75 Å². The molecule has 3 N–H and O–H groups in total. The van der Waals surface area contributed by atoms with E-state index in [0.717, 1.165) is 6.07 Å². The molecular weight excluding hydrogens is 723 g/mol. The number of nitrogens with one attached hydrogen (secondary N) is 2. The maximum Gasteiger partial charge on any atom is 0.410 e. The molecule has 5 rings (SSSR count). The van der Waals surface area contributed by atoms with Crippen molar-refractivity contribution >= 4 is 58.6 Å². The van der Waals surface area contributed by atoms with Gasteiger partial charge >= 0.3 is 6.09 Å². The van der Waals surface area contributed by atoms with E-state index in [1.807, 2.05) is 18.2 Å². The van der Waals surface area contributed by atoms with Gasteiger partial charge in [-0.15, -0.1) is 0 Å². The minimum Gasteiger partial charge on any atom is -0.503 e. The van der Waals surface area contributed by atoms with Crippen LogP contribution in [0.15, 0.2) is 53.5 Å². The van der Waals surface area contributed by atoms with Gasteiger partial charge < -0.3 is 34.8 Å². The van der Waals surface area contributed by atoms with Gasteiger partial charge in [0, 0.05) is 50.6 Å². The highest BCUT2D eigenvalue weighted by molar-refractivity contribution is 6.76. The predicted molar refractivity (Wildman–Crippen MR) is 182 cm³/mol. The van der Waals surface area contributed by atoms with Crippen LogP contribution in [0.1, 0.15) is 66.1 Å². The largest absolute Gasteiger partial charge is 0.503 e. The molecule has 1 aromatic carbocycles. The molecule has 50 heavy (non-hydrogen) atoms. The third kappa shape index (κ3) is 9.76. The Bertz CT molecular complexity index is 1770. The number of pyridine rings is 1. The van der Waals surface area contributed by atoms with Gasteiger partial charge in [0.2, 0.25) is 5.43 Å². The lowest BCUT2D eigenvalue weighted by Crippen LogP contribution is -2.48. The van der Waals surface area contributed by atoms with E-state index in [1.54, 1.807) is 31.7 Å². The molecule has 17 heteroatoms. The molecular formula is C33H36Cl3F2N5O7. The van der Waals surface area contributed by atoms with Gasteiger partial charge in [0.1, 0.15) is 22.8 Å². The van der Waals surface area contributed by atoms with Crippen LogP contribution in [0.3, 0.4) is 0 Å². The second kappa shape index (κ2) is 15.8. The van der Waals surface area contributed by atoms with Crippen LogP contribution < -0.4 is 16.1 Å². The maximum absolute atomic E-state index is 13.7. The number of carbonyl (C=O) groups excluding carboxylic acids is 4. The summed E-state index contributed by atoms with van der Waals surface area (Å²) < 4.78 is 31.5. The van der Waals surface area contributed by atoms with Gasteiger partial charge in [-0.05, 0) is 39.7 Å². The first-order chi connectivity index (χ1) is 23.4. The van der Waals surface area contributed by atoms with Crippen molar-refractivity contribution in [3.63, 3.8) is 0 Å². The number of fused-ring (bicyclic) bond motifs is 4. The van der Waals surface area contributed by atoms with Gasteiger partial charge in [0.25, 0.3) is 21.5 Å². The van der Waals surface area contributed by atoms with Gasteiger partial charge in [-0.1, -0.05) is 65.2 Å². The Labute approximate surface area is 301 Å². The number of aromatic hydroxyl groups is 1. The monoisotopic (exact) mass is 757 g/mol. The molecule has 1 aromatic heterocycles. The Morgan fingerprint density at radius 1 is 1.02 bits per heavy atom. The molecule has 0 saturated heterocycles. The van der Waals surface area contributed by atoms with Crippen LogP contribution in [-0.4, -0.2) is 84.9 Å². The second-order valence-corrected chi connectivity index (χ2v) is 14.9. The van der Waals surface area contributed by atoms with Crippen LogP contribution >= 0.6 is 34.8 Å². The van der Waals surface area contributed by atoms with Crippen molar-refractivity contribution in [1.82, 2.24) is 25.0 Å². The zero-order chi connectivity index (χ0) is 37.0. The Morgan fingerprint density at radius 3 is 2.36 bits per heavy atom. The molecule has 2 atom stereocenters. The minimum absolute atomic E-state index is 0.0413. The zero-order valence-electron chi connectivity index (χ0n) is 27.4. The normalized spacial score (nSPS) is 18.6. The number of aromatic nitrogens is 1. The summed E-state index contributed by atoms with van der Waals surface area (Å²) in [7, 11) is 0. The fraction of sp³-hybridized carbons (Fsp3) is 0.424. The number of hydrogen-bond donors (Lipinski definition) is 3. The molecule has 3 aliphatic rings. The van der Waals surface area contributed by atoms with Gasteiger partial charge in [-0.3, -0.25) is 19.2 Å². The fourth-order valence-corrected chi connectivity index (χ4v) is 5.45. The highest BCUT2D eigenvalue weighted by Crippen LogP contribution is 2.29. The molecule has 0 aliphatic carbocycles. The molecule has 12 nitrogen and oxygen atoms in total. The van der Waals surface area contributed by atoms with Crippen molar-refractivity contribution in [3.05, 3.63) is 87.4 Å². The summed E-state index contributed by atoms with van der Waals surface area (Å²) in [6.07, 6.45) is 9.53. The number of ether oxygens (including phenoxy) is 1. The number of hydrogen-bond acceptors (Lipinski definition) is 7. The Balaban J connectivity index is 0.000000238. The SMILES string of the molecule is CC(C)(C)OC(=O)N1CCC=C[C@H](NC(=O)C(Cl)(Cl)Cl)C1.O=C(NCc1ccc(F)cc1F)c1cn2c(c(O)c1=O)C(=O)N1CCC=C[C@H]2C1. The minimum atomic E-state index is -2.03. The van der Waals surface area contributed by atoms with E-state index in [4.69, 9.17) is 39.5 Å². The smallest absolute Gasteiger partial charge is 0.410 e. The molecule has 4 heterocycles. The lowest BCUT2D eigenvalue weighted by atomic mass is 10.1. The third-order valence-corrected chi connectivity index (χ3v) is 8.18. The average molecular weight is 759 g/mol. The summed E-state index contributed by atoms with van der Waals surface area (Å²) in [5.41, 5.74) is -2.04. The van der Waals surface area contributed by atoms with Crippen molar-refractivity contribution in [2.75, 3.05) is 26.2 Å². The summed E-state index contributed by atoms with van der Waals surface area (Å²) >= 11 is 16.6. The molecule has 0 saturated carbocycles. The van der Waals surface area contributed by atoms with Gasteiger partial charge in [0.15, 0.2) is 11.4 Å². The molecule has 270 valence electrons. The Kier molecular flexibility index (Phi) is 12.2. The number of rotatable bonds is 4. The average Bonchev–Trinajstić information content (AvgIpc) is 3.40. The van der Waals surface area contributed by atoms with E-state index >= 15 is 0 Å². The topological polar surface area (TPSA) is 150 Å². The number of benzene rings is 1. The van der Waals surface area contributed by atoms with Crippen molar-refractivity contribution in [2.24, 2.45) is 0 Å². The van der Waals surface area contributed by atoms with Crippen molar-refractivity contribution in [1.29, 1.82) is 0 Å². The highest BCUT2D eigenvalue weighted by atomic mass is 35.6. The van der Waals surface area contributed by atoms with E-state index in [9.17, 15) is 37.9 Å². The lowest BCUT2D eigenvalue weighted by Gasteiger charge is -2.33. The van der Waals surface area contributed by atoms with Crippen molar-refractivity contribution in [3.8, 4) is 5.75 Å². The molecule has 2 bridgehead atoms. The third-order valence-electron chi connectivity index (χ3n) is 7.66. The number of halogens is 5. The van der Waals surface area contributed by atoms with Gasteiger partial charge in [-0.2, -0.15) is 0 Å².